The molecule has 3 atom stereocenters. The lowest BCUT2D eigenvalue weighted by Gasteiger charge is -2.38. The number of carbonyl (C=O) groups is 1. The first kappa shape index (κ1) is 23.7. The number of hydrogen-bond acceptors (Lipinski definition) is 7. The Hall–Kier alpha value is -3.06. The average molecular weight is 510 g/mol. The summed E-state index contributed by atoms with van der Waals surface area (Å²) in [5.41, 5.74) is 0.658. The van der Waals surface area contributed by atoms with Crippen LogP contribution >= 0.6 is 0 Å². The number of fused-ring (bicyclic) bond motifs is 1. The van der Waals surface area contributed by atoms with Gasteiger partial charge in [-0.2, -0.15) is 17.5 Å². The number of amides is 1. The summed E-state index contributed by atoms with van der Waals surface area (Å²) < 4.78 is 72.9. The van der Waals surface area contributed by atoms with Gasteiger partial charge < -0.3 is 9.32 Å². The van der Waals surface area contributed by atoms with Crippen LogP contribution in [0.3, 0.4) is 0 Å². The van der Waals surface area contributed by atoms with E-state index in [1.807, 2.05) is 0 Å². The van der Waals surface area contributed by atoms with E-state index in [1.54, 1.807) is 30.6 Å². The first-order valence-electron chi connectivity index (χ1n) is 11.2. The Morgan fingerprint density at radius 3 is 2.60 bits per heavy atom. The van der Waals surface area contributed by atoms with Crippen molar-refractivity contribution in [1.29, 1.82) is 0 Å². The number of halogens is 3. The largest absolute Gasteiger partial charge is 0.471 e. The molecular formula is C22H22F3N5O4S. The van der Waals surface area contributed by atoms with E-state index in [1.165, 1.54) is 16.5 Å². The van der Waals surface area contributed by atoms with E-state index < -0.39 is 34.1 Å². The Morgan fingerprint density at radius 1 is 1.09 bits per heavy atom. The summed E-state index contributed by atoms with van der Waals surface area (Å²) in [6, 6.07) is 2.75. The zero-order valence-corrected chi connectivity index (χ0v) is 19.2. The Balaban J connectivity index is 1.37. The Labute approximate surface area is 199 Å². The van der Waals surface area contributed by atoms with Crippen LogP contribution in [0.1, 0.15) is 31.2 Å². The van der Waals surface area contributed by atoms with Crippen molar-refractivity contribution in [2.75, 3.05) is 19.6 Å². The van der Waals surface area contributed by atoms with Crippen molar-refractivity contribution in [3.05, 3.63) is 53.6 Å². The van der Waals surface area contributed by atoms with Crippen molar-refractivity contribution in [2.24, 2.45) is 11.8 Å². The van der Waals surface area contributed by atoms with Crippen LogP contribution in [-0.2, 0) is 14.8 Å². The minimum Gasteiger partial charge on any atom is -0.419 e. The van der Waals surface area contributed by atoms with Gasteiger partial charge in [-0.25, -0.2) is 8.42 Å². The Kier molecular flexibility index (Phi) is 5.99. The highest BCUT2D eigenvalue weighted by Crippen LogP contribution is 2.40. The Bertz CT molecular complexity index is 1280. The number of nitrogens with zero attached hydrogens (tertiary/aromatic N) is 5. The van der Waals surface area contributed by atoms with E-state index in [9.17, 15) is 26.4 Å². The normalized spacial score (nSPS) is 25.4. The zero-order chi connectivity index (χ0) is 24.8. The number of pyridine rings is 1. The number of alkyl halides is 3. The van der Waals surface area contributed by atoms with E-state index in [4.69, 9.17) is 4.42 Å². The lowest BCUT2D eigenvalue weighted by molar-refractivity contribution is -0.187. The second kappa shape index (κ2) is 8.86. The molecule has 186 valence electrons. The highest BCUT2D eigenvalue weighted by Gasteiger charge is 2.46. The highest BCUT2D eigenvalue weighted by molar-refractivity contribution is 7.93. The molecule has 0 radical (unpaired) electrons. The van der Waals surface area contributed by atoms with Crippen LogP contribution < -0.4 is 0 Å². The molecule has 5 rings (SSSR count). The molecule has 2 aromatic rings. The number of aromatic nitrogens is 3. The second-order valence-electron chi connectivity index (χ2n) is 8.75. The third-order valence-corrected chi connectivity index (χ3v) is 8.51. The summed E-state index contributed by atoms with van der Waals surface area (Å²) in [7, 11) is -3.99. The standard InChI is InChI=1S/C22H22F3N5O4S/c23-22(24,25)21(31)29-11-7-14-3-4-17(12-16(14)13-29)35(32,33)30-10-1-2-18(30)20-28-27-19(34-20)15-5-8-26-9-6-15/h3-6,8-9,12,14,16,18H,1-2,7,10-11,13H2. The second-order valence-corrected chi connectivity index (χ2v) is 10.6. The van der Waals surface area contributed by atoms with Gasteiger partial charge in [-0.1, -0.05) is 12.2 Å². The molecule has 0 aromatic carbocycles. The number of hydrogen-bond donors (Lipinski definition) is 0. The molecule has 2 aromatic heterocycles. The minimum atomic E-state index is -4.96. The van der Waals surface area contributed by atoms with Crippen molar-refractivity contribution in [3.8, 4) is 11.5 Å². The predicted octanol–water partition coefficient (Wildman–Crippen LogP) is 3.08. The first-order chi connectivity index (χ1) is 16.6. The number of allylic oxidation sites excluding steroid dienone is 2. The monoisotopic (exact) mass is 509 g/mol. The first-order valence-corrected chi connectivity index (χ1v) is 12.6. The molecule has 2 aliphatic heterocycles. The van der Waals surface area contributed by atoms with Crippen LogP contribution in [0.15, 0.2) is 52.1 Å². The van der Waals surface area contributed by atoms with E-state index in [0.717, 1.165) is 4.90 Å². The summed E-state index contributed by atoms with van der Waals surface area (Å²) in [5.74, 6) is -2.12. The summed E-state index contributed by atoms with van der Waals surface area (Å²) >= 11 is 0. The number of sulfonamides is 1. The van der Waals surface area contributed by atoms with Gasteiger partial charge >= 0.3 is 12.1 Å². The molecule has 0 saturated carbocycles. The molecule has 9 nitrogen and oxygen atoms in total. The maximum absolute atomic E-state index is 13.5. The average Bonchev–Trinajstić information content (AvgIpc) is 3.53. The van der Waals surface area contributed by atoms with E-state index >= 15 is 0 Å². The summed E-state index contributed by atoms with van der Waals surface area (Å²) in [6.07, 6.45) is 4.31. The summed E-state index contributed by atoms with van der Waals surface area (Å²) in [5, 5.41) is 8.10. The number of piperidine rings is 1. The SMILES string of the molecule is O=C(N1CCC2C=CC(S(=O)(=O)N3CCCC3c3nnc(-c4ccncc4)o3)=CC2C1)C(F)(F)F. The van der Waals surface area contributed by atoms with Gasteiger partial charge in [0.2, 0.25) is 21.8 Å². The molecule has 3 unspecified atom stereocenters. The van der Waals surface area contributed by atoms with Crippen LogP contribution in [0.2, 0.25) is 0 Å². The van der Waals surface area contributed by atoms with Crippen LogP contribution in [-0.4, -0.2) is 64.5 Å². The molecule has 35 heavy (non-hydrogen) atoms. The van der Waals surface area contributed by atoms with Crippen LogP contribution in [0.4, 0.5) is 13.2 Å². The van der Waals surface area contributed by atoms with Crippen molar-refractivity contribution in [3.63, 3.8) is 0 Å². The summed E-state index contributed by atoms with van der Waals surface area (Å²) in [6.45, 7) is 0.0393. The molecule has 2 saturated heterocycles. The lowest BCUT2D eigenvalue weighted by atomic mass is 9.82. The van der Waals surface area contributed by atoms with E-state index in [0.29, 0.717) is 24.8 Å². The molecule has 1 aliphatic carbocycles. The maximum atomic E-state index is 13.5. The van der Waals surface area contributed by atoms with Crippen LogP contribution in [0.5, 0.6) is 0 Å². The third-order valence-electron chi connectivity index (χ3n) is 6.59. The van der Waals surface area contributed by atoms with Gasteiger partial charge in [0.05, 0.1) is 4.91 Å². The van der Waals surface area contributed by atoms with Crippen LogP contribution in [0, 0.1) is 11.8 Å². The highest BCUT2D eigenvalue weighted by atomic mass is 32.2. The van der Waals surface area contributed by atoms with Gasteiger partial charge in [0.1, 0.15) is 6.04 Å². The molecule has 4 heterocycles. The fourth-order valence-electron chi connectivity index (χ4n) is 4.83. The van der Waals surface area contributed by atoms with E-state index in [-0.39, 0.29) is 42.2 Å². The molecule has 0 spiro atoms. The van der Waals surface area contributed by atoms with Gasteiger partial charge in [0.15, 0.2) is 0 Å². The van der Waals surface area contributed by atoms with Gasteiger partial charge in [0.25, 0.3) is 0 Å². The summed E-state index contributed by atoms with van der Waals surface area (Å²) in [4.78, 5) is 16.4. The molecule has 1 amide bonds. The molecule has 3 aliphatic rings. The van der Waals surface area contributed by atoms with Gasteiger partial charge in [-0.15, -0.1) is 10.2 Å². The molecule has 2 fully saturated rings. The maximum Gasteiger partial charge on any atom is 0.471 e. The smallest absolute Gasteiger partial charge is 0.419 e. The van der Waals surface area contributed by atoms with E-state index in [2.05, 4.69) is 15.2 Å². The lowest BCUT2D eigenvalue weighted by Crippen LogP contribution is -2.48. The fourth-order valence-corrected chi connectivity index (χ4v) is 6.59. The zero-order valence-electron chi connectivity index (χ0n) is 18.4. The third kappa shape index (κ3) is 4.49. The van der Waals surface area contributed by atoms with Crippen molar-refractivity contribution < 1.29 is 30.8 Å². The number of carbonyl (C=O) groups excluding carboxylic acids is 1. The van der Waals surface area contributed by atoms with Crippen molar-refractivity contribution in [1.82, 2.24) is 24.4 Å². The number of rotatable bonds is 4. The minimum absolute atomic E-state index is 0.000769. The molecule has 0 N–H and O–H groups in total. The van der Waals surface area contributed by atoms with Crippen LogP contribution in [0.25, 0.3) is 11.5 Å². The van der Waals surface area contributed by atoms with Gasteiger partial charge in [-0.05, 0) is 43.4 Å². The van der Waals surface area contributed by atoms with Gasteiger partial charge in [-0.3, -0.25) is 9.78 Å². The van der Waals surface area contributed by atoms with Gasteiger partial charge in [0, 0.05) is 43.5 Å². The van der Waals surface area contributed by atoms with Crippen molar-refractivity contribution >= 4 is 15.9 Å². The molecule has 0 bridgehead atoms. The fraction of sp³-hybridized carbons (Fsp3) is 0.455. The topological polar surface area (TPSA) is 110 Å². The number of likely N-dealkylation sites (tertiary alicyclic amines) is 1. The Morgan fingerprint density at radius 2 is 1.86 bits per heavy atom. The quantitative estimate of drug-likeness (QED) is 0.623. The molecule has 13 heteroatoms. The predicted molar refractivity (Wildman–Crippen MR) is 117 cm³/mol. The van der Waals surface area contributed by atoms with Crippen molar-refractivity contribution in [2.45, 2.75) is 31.5 Å². The molecular weight excluding hydrogens is 487 g/mol.